The van der Waals surface area contributed by atoms with E-state index in [0.717, 1.165) is 4.88 Å². The van der Waals surface area contributed by atoms with Crippen LogP contribution in [0.15, 0.2) is 17.5 Å². The first-order valence-corrected chi connectivity index (χ1v) is 6.06. The maximum atomic E-state index is 11.5. The maximum absolute atomic E-state index is 11.5. The summed E-state index contributed by atoms with van der Waals surface area (Å²) in [6.45, 7) is 3.01. The first-order valence-electron chi connectivity index (χ1n) is 5.18. The second kappa shape index (κ2) is 6.36. The van der Waals surface area contributed by atoms with Gasteiger partial charge in [-0.15, -0.1) is 11.3 Å². The fourth-order valence-electron chi connectivity index (χ4n) is 1.16. The molecule has 0 aliphatic heterocycles. The van der Waals surface area contributed by atoms with Crippen LogP contribution >= 0.6 is 11.3 Å². The summed E-state index contributed by atoms with van der Waals surface area (Å²) < 4.78 is 4.88. The van der Waals surface area contributed by atoms with Gasteiger partial charge >= 0.3 is 5.97 Å². The quantitative estimate of drug-likeness (QED) is 0.808. The Morgan fingerprint density at radius 2 is 2.24 bits per heavy atom. The fourth-order valence-corrected chi connectivity index (χ4v) is 1.90. The third-order valence-corrected chi connectivity index (χ3v) is 3.21. The van der Waals surface area contributed by atoms with Gasteiger partial charge in [-0.1, -0.05) is 6.07 Å². The third kappa shape index (κ3) is 4.54. The predicted octanol–water partition coefficient (Wildman–Crippen LogP) is 1.41. The highest BCUT2D eigenvalue weighted by molar-refractivity contribution is 7.10. The van der Waals surface area contributed by atoms with Crippen molar-refractivity contribution < 1.29 is 19.4 Å². The summed E-state index contributed by atoms with van der Waals surface area (Å²) in [6, 6.07) is 3.74. The molecule has 0 bridgehead atoms. The van der Waals surface area contributed by atoms with Crippen LogP contribution in [0.25, 0.3) is 0 Å². The molecule has 6 heteroatoms. The second-order valence-corrected chi connectivity index (χ2v) is 4.58. The highest BCUT2D eigenvalue weighted by Gasteiger charge is 2.15. The third-order valence-electron chi connectivity index (χ3n) is 2.16. The molecule has 1 amide bonds. The molecule has 94 valence electrons. The summed E-state index contributed by atoms with van der Waals surface area (Å²) in [5, 5.41) is 13.2. The van der Waals surface area contributed by atoms with Crippen LogP contribution < -0.4 is 5.32 Å². The van der Waals surface area contributed by atoms with Gasteiger partial charge in [0.25, 0.3) is 0 Å². The monoisotopic (exact) mass is 257 g/mol. The van der Waals surface area contributed by atoms with Gasteiger partial charge in [0, 0.05) is 4.88 Å². The SMILES string of the molecule is CC(NC(=O)CO[C@H](C)C(=O)O)c1cccs1. The number of carbonyl (C=O) groups is 2. The number of hydrogen-bond acceptors (Lipinski definition) is 4. The molecule has 0 saturated heterocycles. The number of hydrogen-bond donors (Lipinski definition) is 2. The molecule has 1 aromatic heterocycles. The Kier molecular flexibility index (Phi) is 5.11. The lowest BCUT2D eigenvalue weighted by Crippen LogP contribution is -2.32. The minimum Gasteiger partial charge on any atom is -0.479 e. The zero-order valence-corrected chi connectivity index (χ0v) is 10.5. The molecule has 0 aliphatic rings. The molecule has 1 aromatic rings. The van der Waals surface area contributed by atoms with E-state index in [1.807, 2.05) is 24.4 Å². The minimum absolute atomic E-state index is 0.0914. The summed E-state index contributed by atoms with van der Waals surface area (Å²) in [5.74, 6) is -1.40. The number of carbonyl (C=O) groups excluding carboxylic acids is 1. The number of aliphatic carboxylic acids is 1. The highest BCUT2D eigenvalue weighted by atomic mass is 32.1. The molecule has 0 saturated carbocycles. The average Bonchev–Trinajstić information content (AvgIpc) is 2.78. The van der Waals surface area contributed by atoms with Crippen LogP contribution in [0.5, 0.6) is 0 Å². The van der Waals surface area contributed by atoms with Gasteiger partial charge in [0.05, 0.1) is 6.04 Å². The lowest BCUT2D eigenvalue weighted by Gasteiger charge is -2.13. The Bertz CT molecular complexity index is 377. The van der Waals surface area contributed by atoms with E-state index in [4.69, 9.17) is 9.84 Å². The average molecular weight is 257 g/mol. The van der Waals surface area contributed by atoms with Crippen LogP contribution in [-0.2, 0) is 14.3 Å². The van der Waals surface area contributed by atoms with Gasteiger partial charge in [-0.2, -0.15) is 0 Å². The summed E-state index contributed by atoms with van der Waals surface area (Å²) in [6.07, 6.45) is -0.974. The van der Waals surface area contributed by atoms with Crippen LogP contribution in [0.3, 0.4) is 0 Å². The van der Waals surface area contributed by atoms with Gasteiger partial charge in [0.1, 0.15) is 6.61 Å². The van der Waals surface area contributed by atoms with Crippen molar-refractivity contribution in [3.8, 4) is 0 Å². The fraction of sp³-hybridized carbons (Fsp3) is 0.455. The maximum Gasteiger partial charge on any atom is 0.332 e. The second-order valence-electron chi connectivity index (χ2n) is 3.60. The van der Waals surface area contributed by atoms with Gasteiger partial charge in [-0.05, 0) is 25.3 Å². The van der Waals surface area contributed by atoms with E-state index in [1.165, 1.54) is 6.92 Å². The standard InChI is InChI=1S/C11H15NO4S/c1-7(9-4-3-5-17-9)12-10(13)6-16-8(2)11(14)15/h3-5,7-8H,6H2,1-2H3,(H,12,13)(H,14,15)/t7?,8-/m1/s1. The Balaban J connectivity index is 2.32. The van der Waals surface area contributed by atoms with E-state index in [9.17, 15) is 9.59 Å². The van der Waals surface area contributed by atoms with Gasteiger partial charge in [-0.25, -0.2) is 4.79 Å². The normalized spacial score (nSPS) is 14.0. The van der Waals surface area contributed by atoms with Crippen LogP contribution in [0.4, 0.5) is 0 Å². The van der Waals surface area contributed by atoms with Crippen LogP contribution in [0, 0.1) is 0 Å². The predicted molar refractivity (Wildman–Crippen MR) is 63.9 cm³/mol. The topological polar surface area (TPSA) is 75.6 Å². The Morgan fingerprint density at radius 3 is 2.76 bits per heavy atom. The Morgan fingerprint density at radius 1 is 1.53 bits per heavy atom. The Hall–Kier alpha value is -1.40. The molecule has 0 aliphatic carbocycles. The number of carboxylic acids is 1. The van der Waals surface area contributed by atoms with Crippen molar-refractivity contribution >= 4 is 23.2 Å². The van der Waals surface area contributed by atoms with Crippen molar-refractivity contribution in [2.45, 2.75) is 26.0 Å². The van der Waals surface area contributed by atoms with Crippen molar-refractivity contribution in [1.29, 1.82) is 0 Å². The van der Waals surface area contributed by atoms with Crippen LogP contribution in [0.1, 0.15) is 24.8 Å². The number of ether oxygens (including phenoxy) is 1. The van der Waals surface area contributed by atoms with Gasteiger partial charge in [0.15, 0.2) is 6.10 Å². The van der Waals surface area contributed by atoms with Crippen molar-refractivity contribution in [3.05, 3.63) is 22.4 Å². The van der Waals surface area contributed by atoms with E-state index in [1.54, 1.807) is 11.3 Å². The van der Waals surface area contributed by atoms with Gasteiger partial charge in [-0.3, -0.25) is 4.79 Å². The van der Waals surface area contributed by atoms with Crippen molar-refractivity contribution in [2.24, 2.45) is 0 Å². The molecule has 0 fully saturated rings. The smallest absolute Gasteiger partial charge is 0.332 e. The van der Waals surface area contributed by atoms with E-state index >= 15 is 0 Å². The lowest BCUT2D eigenvalue weighted by atomic mass is 10.3. The number of rotatable bonds is 6. The molecule has 17 heavy (non-hydrogen) atoms. The first-order chi connectivity index (χ1) is 8.00. The summed E-state index contributed by atoms with van der Waals surface area (Å²) >= 11 is 1.55. The molecule has 1 heterocycles. The van der Waals surface area contributed by atoms with E-state index in [0.29, 0.717) is 0 Å². The molecule has 0 spiro atoms. The molecule has 5 nitrogen and oxygen atoms in total. The van der Waals surface area contributed by atoms with Crippen molar-refractivity contribution in [1.82, 2.24) is 5.32 Å². The highest BCUT2D eigenvalue weighted by Crippen LogP contribution is 2.17. The zero-order chi connectivity index (χ0) is 12.8. The largest absolute Gasteiger partial charge is 0.479 e. The van der Waals surface area contributed by atoms with Gasteiger partial charge < -0.3 is 15.2 Å². The molecular weight excluding hydrogens is 242 g/mol. The molecule has 1 rings (SSSR count). The van der Waals surface area contributed by atoms with Crippen LogP contribution in [-0.4, -0.2) is 29.7 Å². The lowest BCUT2D eigenvalue weighted by molar-refractivity contribution is -0.150. The van der Waals surface area contributed by atoms with Crippen LogP contribution in [0.2, 0.25) is 0 Å². The number of thiophene rings is 1. The molecule has 1 unspecified atom stereocenters. The molecule has 2 atom stereocenters. The van der Waals surface area contributed by atoms with Gasteiger partial charge in [0.2, 0.25) is 5.91 Å². The summed E-state index contributed by atoms with van der Waals surface area (Å²) in [7, 11) is 0. The molecule has 0 radical (unpaired) electrons. The number of amides is 1. The molecule has 2 N–H and O–H groups in total. The van der Waals surface area contributed by atoms with Crippen molar-refractivity contribution in [3.63, 3.8) is 0 Å². The minimum atomic E-state index is -1.08. The summed E-state index contributed by atoms with van der Waals surface area (Å²) in [5.41, 5.74) is 0. The number of carboxylic acid groups (broad SMARTS) is 1. The molecule has 0 aromatic carbocycles. The van der Waals surface area contributed by atoms with E-state index in [-0.39, 0.29) is 18.6 Å². The zero-order valence-electron chi connectivity index (χ0n) is 9.67. The van der Waals surface area contributed by atoms with E-state index in [2.05, 4.69) is 5.32 Å². The molecular formula is C11H15NO4S. The Labute approximate surface area is 103 Å². The first kappa shape index (κ1) is 13.7. The van der Waals surface area contributed by atoms with E-state index < -0.39 is 12.1 Å². The van der Waals surface area contributed by atoms with Crippen molar-refractivity contribution in [2.75, 3.05) is 6.61 Å². The summed E-state index contributed by atoms with van der Waals surface area (Å²) in [4.78, 5) is 23.0. The number of nitrogens with one attached hydrogen (secondary N) is 1.